The second-order valence-electron chi connectivity index (χ2n) is 4.91. The zero-order chi connectivity index (χ0) is 15.8. The summed E-state index contributed by atoms with van der Waals surface area (Å²) in [5.41, 5.74) is 1.76. The molecule has 2 aromatic carbocycles. The molecule has 2 N–H and O–H groups in total. The Kier molecular flexibility index (Phi) is 6.72. The smallest absolute Gasteiger partial charge is 0.238 e. The van der Waals surface area contributed by atoms with Crippen molar-refractivity contribution in [3.05, 3.63) is 64.1 Å². The van der Waals surface area contributed by atoms with E-state index < -0.39 is 0 Å². The molecule has 0 fully saturated rings. The fourth-order valence-electron chi connectivity index (χ4n) is 2.06. The maximum Gasteiger partial charge on any atom is 0.238 e. The van der Waals surface area contributed by atoms with E-state index in [-0.39, 0.29) is 12.5 Å². The van der Waals surface area contributed by atoms with Gasteiger partial charge in [0.15, 0.2) is 0 Å². The number of benzene rings is 2. The second-order valence-corrected chi connectivity index (χ2v) is 5.73. The van der Waals surface area contributed by atoms with Gasteiger partial charge >= 0.3 is 0 Å². The third-order valence-electron chi connectivity index (χ3n) is 3.17. The van der Waals surface area contributed by atoms with Crippen molar-refractivity contribution >= 4 is 34.8 Å². The van der Waals surface area contributed by atoms with Crippen molar-refractivity contribution in [2.75, 3.05) is 18.4 Å². The highest BCUT2D eigenvalue weighted by Gasteiger charge is 2.08. The minimum absolute atomic E-state index is 0.158. The van der Waals surface area contributed by atoms with Gasteiger partial charge in [-0.2, -0.15) is 0 Å². The van der Waals surface area contributed by atoms with Gasteiger partial charge in [-0.25, -0.2) is 0 Å². The molecule has 0 aromatic heterocycles. The molecule has 2 aromatic rings. The van der Waals surface area contributed by atoms with Crippen molar-refractivity contribution in [2.45, 2.75) is 12.8 Å². The van der Waals surface area contributed by atoms with Crippen molar-refractivity contribution in [1.29, 1.82) is 0 Å². The summed E-state index contributed by atoms with van der Waals surface area (Å²) >= 11 is 12.0. The molecule has 116 valence electrons. The normalized spacial score (nSPS) is 10.5. The summed E-state index contributed by atoms with van der Waals surface area (Å²) in [4.78, 5) is 11.9. The number of hydrogen-bond acceptors (Lipinski definition) is 2. The first-order chi connectivity index (χ1) is 10.7. The van der Waals surface area contributed by atoms with Crippen LogP contribution in [-0.2, 0) is 11.2 Å². The van der Waals surface area contributed by atoms with Gasteiger partial charge in [0.25, 0.3) is 0 Å². The van der Waals surface area contributed by atoms with Crippen LogP contribution < -0.4 is 10.6 Å². The molecule has 0 aliphatic heterocycles. The fourth-order valence-corrected chi connectivity index (χ4v) is 2.56. The molecule has 1 amide bonds. The number of rotatable bonds is 7. The Bertz CT molecular complexity index is 597. The summed E-state index contributed by atoms with van der Waals surface area (Å²) in [5.74, 6) is -0.158. The Morgan fingerprint density at radius 3 is 2.32 bits per heavy atom. The monoisotopic (exact) mass is 336 g/mol. The topological polar surface area (TPSA) is 41.1 Å². The van der Waals surface area contributed by atoms with Gasteiger partial charge in [-0.05, 0) is 37.1 Å². The molecule has 0 saturated carbocycles. The molecule has 3 nitrogen and oxygen atoms in total. The number of para-hydroxylation sites is 1. The van der Waals surface area contributed by atoms with Crippen molar-refractivity contribution < 1.29 is 4.79 Å². The standard InChI is InChI=1S/C17H18Cl2N2O/c18-14-9-4-10-15(19)17(14)21-16(22)12-20-11-5-8-13-6-2-1-3-7-13/h1-4,6-7,9-10,20H,5,8,11-12H2,(H,21,22). The van der Waals surface area contributed by atoms with Crippen LogP contribution in [-0.4, -0.2) is 19.0 Å². The maximum atomic E-state index is 11.9. The molecule has 0 atom stereocenters. The van der Waals surface area contributed by atoms with E-state index in [1.807, 2.05) is 18.2 Å². The molecule has 0 saturated heterocycles. The van der Waals surface area contributed by atoms with E-state index in [0.29, 0.717) is 15.7 Å². The number of nitrogens with one attached hydrogen (secondary N) is 2. The minimum atomic E-state index is -0.158. The summed E-state index contributed by atoms with van der Waals surface area (Å²) < 4.78 is 0. The lowest BCUT2D eigenvalue weighted by atomic mass is 10.1. The van der Waals surface area contributed by atoms with Crippen LogP contribution in [0.25, 0.3) is 0 Å². The number of halogens is 2. The third kappa shape index (κ3) is 5.34. The van der Waals surface area contributed by atoms with E-state index in [9.17, 15) is 4.79 Å². The fraction of sp³-hybridized carbons (Fsp3) is 0.235. The van der Waals surface area contributed by atoms with Crippen LogP contribution in [0.3, 0.4) is 0 Å². The Hall–Kier alpha value is -1.55. The number of carbonyl (C=O) groups is 1. The van der Waals surface area contributed by atoms with Crippen LogP contribution >= 0.6 is 23.2 Å². The number of aryl methyl sites for hydroxylation is 1. The Morgan fingerprint density at radius 2 is 1.64 bits per heavy atom. The van der Waals surface area contributed by atoms with Crippen LogP contribution in [0.4, 0.5) is 5.69 Å². The quantitative estimate of drug-likeness (QED) is 0.745. The molecule has 0 radical (unpaired) electrons. The zero-order valence-electron chi connectivity index (χ0n) is 12.1. The lowest BCUT2D eigenvalue weighted by molar-refractivity contribution is -0.115. The summed E-state index contributed by atoms with van der Waals surface area (Å²) in [7, 11) is 0. The highest BCUT2D eigenvalue weighted by molar-refractivity contribution is 6.39. The van der Waals surface area contributed by atoms with Crippen LogP contribution in [0.5, 0.6) is 0 Å². The van der Waals surface area contributed by atoms with E-state index in [4.69, 9.17) is 23.2 Å². The van der Waals surface area contributed by atoms with Crippen LogP contribution in [0.2, 0.25) is 10.0 Å². The summed E-state index contributed by atoms with van der Waals surface area (Å²) in [6.07, 6.45) is 1.97. The Labute approximate surface area is 140 Å². The molecule has 2 rings (SSSR count). The lowest BCUT2D eigenvalue weighted by Gasteiger charge is -2.09. The van der Waals surface area contributed by atoms with Gasteiger partial charge in [-0.3, -0.25) is 4.79 Å². The van der Waals surface area contributed by atoms with Crippen LogP contribution in [0, 0.1) is 0 Å². The molecule has 0 heterocycles. The van der Waals surface area contributed by atoms with Gasteiger partial charge < -0.3 is 10.6 Å². The maximum absolute atomic E-state index is 11.9. The molecular formula is C17H18Cl2N2O. The molecule has 0 unspecified atom stereocenters. The van der Waals surface area contributed by atoms with Crippen molar-refractivity contribution in [3.8, 4) is 0 Å². The van der Waals surface area contributed by atoms with E-state index in [1.165, 1.54) is 5.56 Å². The van der Waals surface area contributed by atoms with E-state index in [2.05, 4.69) is 22.8 Å². The molecule has 0 aliphatic carbocycles. The van der Waals surface area contributed by atoms with Crippen molar-refractivity contribution in [1.82, 2.24) is 5.32 Å². The van der Waals surface area contributed by atoms with Gasteiger partial charge in [0.05, 0.1) is 22.3 Å². The van der Waals surface area contributed by atoms with Crippen molar-refractivity contribution in [2.24, 2.45) is 0 Å². The Balaban J connectivity index is 1.68. The average Bonchev–Trinajstić information content (AvgIpc) is 2.52. The van der Waals surface area contributed by atoms with E-state index in [1.54, 1.807) is 18.2 Å². The average molecular weight is 337 g/mol. The number of anilines is 1. The molecule has 5 heteroatoms. The summed E-state index contributed by atoms with van der Waals surface area (Å²) in [6, 6.07) is 15.4. The first-order valence-electron chi connectivity index (χ1n) is 7.15. The number of amides is 1. The third-order valence-corrected chi connectivity index (χ3v) is 3.80. The minimum Gasteiger partial charge on any atom is -0.322 e. The summed E-state index contributed by atoms with van der Waals surface area (Å²) in [6.45, 7) is 1.01. The van der Waals surface area contributed by atoms with Gasteiger partial charge in [-0.15, -0.1) is 0 Å². The molecular weight excluding hydrogens is 319 g/mol. The van der Waals surface area contributed by atoms with Crippen LogP contribution in [0.1, 0.15) is 12.0 Å². The first-order valence-corrected chi connectivity index (χ1v) is 7.91. The van der Waals surface area contributed by atoms with E-state index in [0.717, 1.165) is 19.4 Å². The lowest BCUT2D eigenvalue weighted by Crippen LogP contribution is -2.29. The predicted octanol–water partition coefficient (Wildman–Crippen LogP) is 4.15. The Morgan fingerprint density at radius 1 is 0.955 bits per heavy atom. The molecule has 0 spiro atoms. The van der Waals surface area contributed by atoms with Gasteiger partial charge in [0.2, 0.25) is 5.91 Å². The van der Waals surface area contributed by atoms with Crippen molar-refractivity contribution in [3.63, 3.8) is 0 Å². The van der Waals surface area contributed by atoms with Gasteiger partial charge in [0, 0.05) is 0 Å². The predicted molar refractivity (Wildman–Crippen MR) is 92.7 cm³/mol. The number of carbonyl (C=O) groups excluding carboxylic acids is 1. The van der Waals surface area contributed by atoms with Crippen LogP contribution in [0.15, 0.2) is 48.5 Å². The second kappa shape index (κ2) is 8.79. The SMILES string of the molecule is O=C(CNCCCc1ccccc1)Nc1c(Cl)cccc1Cl. The first kappa shape index (κ1) is 16.8. The molecule has 22 heavy (non-hydrogen) atoms. The number of hydrogen-bond donors (Lipinski definition) is 2. The summed E-state index contributed by atoms with van der Waals surface area (Å²) in [5, 5.41) is 6.71. The molecule has 0 aliphatic rings. The highest BCUT2D eigenvalue weighted by atomic mass is 35.5. The highest BCUT2D eigenvalue weighted by Crippen LogP contribution is 2.29. The molecule has 0 bridgehead atoms. The zero-order valence-corrected chi connectivity index (χ0v) is 13.6. The van der Waals surface area contributed by atoms with Gasteiger partial charge in [0.1, 0.15) is 0 Å². The van der Waals surface area contributed by atoms with E-state index >= 15 is 0 Å². The largest absolute Gasteiger partial charge is 0.322 e. The van der Waals surface area contributed by atoms with Gasteiger partial charge in [-0.1, -0.05) is 59.6 Å².